The topological polar surface area (TPSA) is 90.2 Å². The van der Waals surface area contributed by atoms with Gasteiger partial charge < -0.3 is 10.1 Å². The lowest BCUT2D eigenvalue weighted by Crippen LogP contribution is -2.21. The smallest absolute Gasteiger partial charge is 0.373 e. The SMILES string of the molecule is Cc1ccc(Nc2ncnc(OC3CCCCC3)c2[N+](=O)[O-])cc1Cl. The maximum atomic E-state index is 11.6. The Morgan fingerprint density at radius 1 is 1.28 bits per heavy atom. The summed E-state index contributed by atoms with van der Waals surface area (Å²) in [6, 6.07) is 5.32. The van der Waals surface area contributed by atoms with Crippen molar-refractivity contribution in [1.29, 1.82) is 0 Å². The molecule has 0 aliphatic heterocycles. The van der Waals surface area contributed by atoms with E-state index in [4.69, 9.17) is 16.3 Å². The van der Waals surface area contributed by atoms with Crippen LogP contribution < -0.4 is 10.1 Å². The molecule has 8 heteroatoms. The third-order valence-electron chi connectivity index (χ3n) is 4.24. The first-order chi connectivity index (χ1) is 12.0. The zero-order valence-corrected chi connectivity index (χ0v) is 14.6. The van der Waals surface area contributed by atoms with Crippen molar-refractivity contribution in [3.05, 3.63) is 45.2 Å². The van der Waals surface area contributed by atoms with Crippen molar-refractivity contribution in [1.82, 2.24) is 9.97 Å². The quantitative estimate of drug-likeness (QED) is 0.606. The fourth-order valence-electron chi connectivity index (χ4n) is 2.85. The number of hydrogen-bond acceptors (Lipinski definition) is 6. The summed E-state index contributed by atoms with van der Waals surface area (Å²) in [6.07, 6.45) is 6.31. The lowest BCUT2D eigenvalue weighted by molar-refractivity contribution is -0.385. The summed E-state index contributed by atoms with van der Waals surface area (Å²) in [5.74, 6) is 0.0957. The van der Waals surface area contributed by atoms with Crippen LogP contribution >= 0.6 is 11.6 Å². The molecule has 0 amide bonds. The molecule has 0 spiro atoms. The predicted octanol–water partition coefficient (Wildman–Crippen LogP) is 4.80. The van der Waals surface area contributed by atoms with Crippen LogP contribution in [0.5, 0.6) is 5.88 Å². The molecule has 7 nitrogen and oxygen atoms in total. The average molecular weight is 363 g/mol. The van der Waals surface area contributed by atoms with Crippen molar-refractivity contribution in [2.45, 2.75) is 45.1 Å². The van der Waals surface area contributed by atoms with Crippen LogP contribution in [0.15, 0.2) is 24.5 Å². The molecule has 1 aromatic heterocycles. The number of benzene rings is 1. The van der Waals surface area contributed by atoms with Gasteiger partial charge in [-0.3, -0.25) is 10.1 Å². The lowest BCUT2D eigenvalue weighted by atomic mass is 9.98. The third kappa shape index (κ3) is 4.17. The Kier molecular flexibility index (Phi) is 5.33. The second kappa shape index (κ2) is 7.65. The molecule has 25 heavy (non-hydrogen) atoms. The van der Waals surface area contributed by atoms with Gasteiger partial charge in [0.2, 0.25) is 5.82 Å². The van der Waals surface area contributed by atoms with Gasteiger partial charge in [-0.15, -0.1) is 0 Å². The number of aromatic nitrogens is 2. The maximum absolute atomic E-state index is 11.6. The first kappa shape index (κ1) is 17.4. The van der Waals surface area contributed by atoms with Crippen molar-refractivity contribution in [2.75, 3.05) is 5.32 Å². The standard InChI is InChI=1S/C17H19ClN4O3/c1-11-7-8-12(9-14(11)18)21-16-15(22(23)24)17(20-10-19-16)25-13-5-3-2-4-6-13/h7-10,13H,2-6H2,1H3,(H,19,20,21). The normalized spacial score (nSPS) is 15.0. The van der Waals surface area contributed by atoms with Gasteiger partial charge in [0.1, 0.15) is 12.4 Å². The molecule has 1 fully saturated rings. The van der Waals surface area contributed by atoms with Crippen LogP contribution in [0.25, 0.3) is 0 Å². The van der Waals surface area contributed by atoms with Gasteiger partial charge >= 0.3 is 5.69 Å². The van der Waals surface area contributed by atoms with Crippen LogP contribution in [0.3, 0.4) is 0 Å². The average Bonchev–Trinajstić information content (AvgIpc) is 2.59. The summed E-state index contributed by atoms with van der Waals surface area (Å²) in [7, 11) is 0. The Hall–Kier alpha value is -2.41. The number of rotatable bonds is 5. The Balaban J connectivity index is 1.88. The summed E-state index contributed by atoms with van der Waals surface area (Å²) >= 11 is 6.11. The molecule has 0 radical (unpaired) electrons. The number of nitrogens with zero attached hydrogens (tertiary/aromatic N) is 3. The highest BCUT2D eigenvalue weighted by molar-refractivity contribution is 6.31. The van der Waals surface area contributed by atoms with Crippen molar-refractivity contribution < 1.29 is 9.66 Å². The number of anilines is 2. The van der Waals surface area contributed by atoms with Gasteiger partial charge in [0.15, 0.2) is 0 Å². The van der Waals surface area contributed by atoms with Crippen molar-refractivity contribution >= 4 is 28.8 Å². The van der Waals surface area contributed by atoms with E-state index in [9.17, 15) is 10.1 Å². The number of nitro groups is 1. The molecule has 0 unspecified atom stereocenters. The highest BCUT2D eigenvalue weighted by atomic mass is 35.5. The van der Waals surface area contributed by atoms with E-state index in [1.54, 1.807) is 12.1 Å². The van der Waals surface area contributed by atoms with E-state index in [1.807, 2.05) is 13.0 Å². The summed E-state index contributed by atoms with van der Waals surface area (Å²) < 4.78 is 5.81. The molecule has 1 aliphatic carbocycles. The summed E-state index contributed by atoms with van der Waals surface area (Å²) in [4.78, 5) is 19.1. The Morgan fingerprint density at radius 3 is 2.72 bits per heavy atom. The van der Waals surface area contributed by atoms with E-state index in [0.717, 1.165) is 31.2 Å². The van der Waals surface area contributed by atoms with Gasteiger partial charge in [-0.05, 0) is 50.3 Å². The second-order valence-electron chi connectivity index (χ2n) is 6.10. The van der Waals surface area contributed by atoms with Gasteiger partial charge in [0, 0.05) is 10.7 Å². The second-order valence-corrected chi connectivity index (χ2v) is 6.51. The van der Waals surface area contributed by atoms with Gasteiger partial charge in [0.05, 0.1) is 4.92 Å². The molecule has 2 aromatic rings. The minimum atomic E-state index is -0.518. The van der Waals surface area contributed by atoms with Crippen molar-refractivity contribution in [3.8, 4) is 5.88 Å². The highest BCUT2D eigenvalue weighted by Crippen LogP contribution is 2.35. The van der Waals surface area contributed by atoms with Crippen LogP contribution in [-0.4, -0.2) is 21.0 Å². The van der Waals surface area contributed by atoms with Crippen LogP contribution in [-0.2, 0) is 0 Å². The summed E-state index contributed by atoms with van der Waals surface area (Å²) in [5.41, 5.74) is 1.27. The van der Waals surface area contributed by atoms with Gasteiger partial charge in [-0.25, -0.2) is 4.98 Å². The van der Waals surface area contributed by atoms with E-state index in [-0.39, 0.29) is 23.5 Å². The molecule has 1 N–H and O–H groups in total. The molecule has 1 saturated carbocycles. The molecule has 132 valence electrons. The van der Waals surface area contributed by atoms with Crippen LogP contribution in [0, 0.1) is 17.0 Å². The Morgan fingerprint density at radius 2 is 2.04 bits per heavy atom. The fourth-order valence-corrected chi connectivity index (χ4v) is 3.03. The number of hydrogen-bond donors (Lipinski definition) is 1. The summed E-state index contributed by atoms with van der Waals surface area (Å²) in [5, 5.41) is 15.1. The minimum Gasteiger partial charge on any atom is -0.469 e. The van der Waals surface area contributed by atoms with E-state index in [2.05, 4.69) is 15.3 Å². The molecule has 1 heterocycles. The molecule has 1 aliphatic rings. The molecule has 0 bridgehead atoms. The molecule has 1 aromatic carbocycles. The maximum Gasteiger partial charge on any atom is 0.373 e. The molecular formula is C17H19ClN4O3. The largest absolute Gasteiger partial charge is 0.469 e. The van der Waals surface area contributed by atoms with Gasteiger partial charge in [-0.2, -0.15) is 4.98 Å². The zero-order valence-electron chi connectivity index (χ0n) is 13.9. The van der Waals surface area contributed by atoms with E-state index in [0.29, 0.717) is 10.7 Å². The molecule has 3 rings (SSSR count). The number of nitrogens with one attached hydrogen (secondary N) is 1. The lowest BCUT2D eigenvalue weighted by Gasteiger charge is -2.22. The Bertz CT molecular complexity index is 778. The molecular weight excluding hydrogens is 344 g/mol. The molecule has 0 atom stereocenters. The fraction of sp³-hybridized carbons (Fsp3) is 0.412. The first-order valence-electron chi connectivity index (χ1n) is 8.24. The van der Waals surface area contributed by atoms with Crippen molar-refractivity contribution in [2.24, 2.45) is 0 Å². The van der Waals surface area contributed by atoms with Crippen molar-refractivity contribution in [3.63, 3.8) is 0 Å². The van der Waals surface area contributed by atoms with Crippen LogP contribution in [0.1, 0.15) is 37.7 Å². The van der Waals surface area contributed by atoms with Crippen LogP contribution in [0.4, 0.5) is 17.2 Å². The molecule has 0 saturated heterocycles. The Labute approximate surface area is 150 Å². The number of halogens is 1. The summed E-state index contributed by atoms with van der Waals surface area (Å²) in [6.45, 7) is 1.88. The number of aryl methyl sites for hydroxylation is 1. The third-order valence-corrected chi connectivity index (χ3v) is 4.64. The van der Waals surface area contributed by atoms with E-state index < -0.39 is 4.92 Å². The predicted molar refractivity (Wildman–Crippen MR) is 95.7 cm³/mol. The first-order valence-corrected chi connectivity index (χ1v) is 8.61. The van der Waals surface area contributed by atoms with E-state index >= 15 is 0 Å². The zero-order chi connectivity index (χ0) is 17.8. The minimum absolute atomic E-state index is 0.00705. The van der Waals surface area contributed by atoms with Gasteiger partial charge in [0.25, 0.3) is 5.88 Å². The van der Waals surface area contributed by atoms with Crippen LogP contribution in [0.2, 0.25) is 5.02 Å². The van der Waals surface area contributed by atoms with E-state index in [1.165, 1.54) is 12.7 Å². The van der Waals surface area contributed by atoms with Gasteiger partial charge in [-0.1, -0.05) is 24.1 Å². The highest BCUT2D eigenvalue weighted by Gasteiger charge is 2.27. The number of ether oxygens (including phenoxy) is 1. The monoisotopic (exact) mass is 362 g/mol.